The van der Waals surface area contributed by atoms with Crippen molar-refractivity contribution in [2.45, 2.75) is 13.5 Å². The Bertz CT molecular complexity index is 1020. The van der Waals surface area contributed by atoms with Crippen LogP contribution in [-0.2, 0) is 6.54 Å². The van der Waals surface area contributed by atoms with E-state index in [9.17, 15) is 0 Å². The third-order valence-corrected chi connectivity index (χ3v) is 5.40. The highest BCUT2D eigenvalue weighted by Gasteiger charge is 2.22. The molecule has 8 nitrogen and oxygen atoms in total. The van der Waals surface area contributed by atoms with Crippen LogP contribution in [0.2, 0.25) is 5.02 Å². The molecule has 0 radical (unpaired) electrons. The quantitative estimate of drug-likeness (QED) is 0.667. The summed E-state index contributed by atoms with van der Waals surface area (Å²) in [7, 11) is 0. The van der Waals surface area contributed by atoms with Gasteiger partial charge < -0.3 is 14.4 Å². The van der Waals surface area contributed by atoms with Crippen LogP contribution in [0, 0.1) is 6.92 Å². The second-order valence-electron chi connectivity index (χ2n) is 7.09. The van der Waals surface area contributed by atoms with Crippen molar-refractivity contribution >= 4 is 23.2 Å². The molecule has 0 aliphatic carbocycles. The van der Waals surface area contributed by atoms with Gasteiger partial charge in [-0.2, -0.15) is 14.6 Å². The lowest BCUT2D eigenvalue weighted by molar-refractivity contribution is 0.171. The smallest absolute Gasteiger partial charge is 0.254 e. The summed E-state index contributed by atoms with van der Waals surface area (Å²) in [6, 6.07) is 6.09. The molecule has 28 heavy (non-hydrogen) atoms. The first-order chi connectivity index (χ1) is 13.7. The van der Waals surface area contributed by atoms with Crippen molar-refractivity contribution in [1.29, 1.82) is 0 Å². The van der Waals surface area contributed by atoms with E-state index in [-0.39, 0.29) is 0 Å². The van der Waals surface area contributed by atoms with Crippen LogP contribution in [0.15, 0.2) is 24.5 Å². The molecule has 0 atom stereocenters. The molecule has 0 N–H and O–H groups in total. The predicted molar refractivity (Wildman–Crippen MR) is 105 cm³/mol. The van der Waals surface area contributed by atoms with Crippen LogP contribution in [-0.4, -0.2) is 63.9 Å². The Labute approximate surface area is 167 Å². The fourth-order valence-electron chi connectivity index (χ4n) is 3.79. The summed E-state index contributed by atoms with van der Waals surface area (Å²) in [5, 5.41) is 4.94. The highest BCUT2D eigenvalue weighted by Crippen LogP contribution is 2.38. The van der Waals surface area contributed by atoms with E-state index in [2.05, 4.69) is 30.9 Å². The molecule has 0 saturated carbocycles. The van der Waals surface area contributed by atoms with Gasteiger partial charge in [0.05, 0.1) is 5.02 Å². The second-order valence-corrected chi connectivity index (χ2v) is 7.50. The summed E-state index contributed by atoms with van der Waals surface area (Å²) in [4.78, 5) is 13.4. The Balaban J connectivity index is 1.29. The number of ether oxygens (including phenoxy) is 2. The largest absolute Gasteiger partial charge is 0.486 e. The van der Waals surface area contributed by atoms with Gasteiger partial charge in [-0.3, -0.25) is 4.90 Å². The molecule has 146 valence electrons. The van der Waals surface area contributed by atoms with Gasteiger partial charge in [-0.25, -0.2) is 4.98 Å². The lowest BCUT2D eigenvalue weighted by Crippen LogP contribution is -2.46. The lowest BCUT2D eigenvalue weighted by Gasteiger charge is -2.36. The number of fused-ring (bicyclic) bond motifs is 2. The monoisotopic (exact) mass is 400 g/mol. The third-order valence-electron chi connectivity index (χ3n) is 5.12. The number of piperazine rings is 1. The molecule has 5 rings (SSSR count). The minimum Gasteiger partial charge on any atom is -0.486 e. The first-order valence-electron chi connectivity index (χ1n) is 9.40. The van der Waals surface area contributed by atoms with Crippen molar-refractivity contribution in [1.82, 2.24) is 24.5 Å². The van der Waals surface area contributed by atoms with Gasteiger partial charge in [0.2, 0.25) is 0 Å². The van der Waals surface area contributed by atoms with Gasteiger partial charge in [0.15, 0.2) is 11.5 Å². The van der Waals surface area contributed by atoms with Crippen LogP contribution in [0.1, 0.15) is 11.3 Å². The van der Waals surface area contributed by atoms with Gasteiger partial charge >= 0.3 is 0 Å². The molecule has 0 bridgehead atoms. The summed E-state index contributed by atoms with van der Waals surface area (Å²) in [5.41, 5.74) is 2.09. The number of aromatic nitrogens is 4. The Morgan fingerprint density at radius 1 is 1.07 bits per heavy atom. The predicted octanol–water partition coefficient (Wildman–Crippen LogP) is 2.18. The van der Waals surface area contributed by atoms with Crippen LogP contribution < -0.4 is 14.4 Å². The second kappa shape index (κ2) is 7.10. The van der Waals surface area contributed by atoms with E-state index in [1.54, 1.807) is 6.33 Å². The normalized spacial score (nSPS) is 17.3. The molecule has 1 saturated heterocycles. The van der Waals surface area contributed by atoms with E-state index in [4.69, 9.17) is 21.1 Å². The van der Waals surface area contributed by atoms with Gasteiger partial charge in [0, 0.05) is 44.5 Å². The molecule has 1 fully saturated rings. The summed E-state index contributed by atoms with van der Waals surface area (Å²) >= 11 is 6.37. The van der Waals surface area contributed by atoms with Gasteiger partial charge in [0.1, 0.15) is 25.4 Å². The Hall–Kier alpha value is -2.58. The van der Waals surface area contributed by atoms with Crippen molar-refractivity contribution in [2.75, 3.05) is 44.3 Å². The van der Waals surface area contributed by atoms with Crippen molar-refractivity contribution in [3.63, 3.8) is 0 Å². The fourth-order valence-corrected chi connectivity index (χ4v) is 4.07. The number of nitrogens with zero attached hydrogens (tertiary/aromatic N) is 6. The number of benzene rings is 1. The van der Waals surface area contributed by atoms with Crippen molar-refractivity contribution < 1.29 is 9.47 Å². The number of hydrogen-bond acceptors (Lipinski definition) is 7. The molecule has 2 aliphatic rings. The molecule has 4 heterocycles. The van der Waals surface area contributed by atoms with E-state index in [0.717, 1.165) is 55.5 Å². The zero-order chi connectivity index (χ0) is 19.1. The summed E-state index contributed by atoms with van der Waals surface area (Å²) in [6.07, 6.45) is 1.55. The topological polar surface area (TPSA) is 68.0 Å². The van der Waals surface area contributed by atoms with Gasteiger partial charge in [0.25, 0.3) is 5.78 Å². The Kier molecular flexibility index (Phi) is 4.44. The van der Waals surface area contributed by atoms with Crippen LogP contribution in [0.5, 0.6) is 11.5 Å². The van der Waals surface area contributed by atoms with Crippen LogP contribution in [0.25, 0.3) is 5.78 Å². The fraction of sp³-hybridized carbons (Fsp3) is 0.421. The third kappa shape index (κ3) is 3.22. The number of rotatable bonds is 3. The molecule has 1 aromatic carbocycles. The van der Waals surface area contributed by atoms with Crippen molar-refractivity contribution in [3.05, 3.63) is 40.8 Å². The highest BCUT2D eigenvalue weighted by atomic mass is 35.5. The maximum absolute atomic E-state index is 6.37. The number of hydrogen-bond donors (Lipinski definition) is 0. The van der Waals surface area contributed by atoms with Crippen LogP contribution in [0.4, 0.5) is 5.82 Å². The van der Waals surface area contributed by atoms with Crippen LogP contribution in [0.3, 0.4) is 0 Å². The SMILES string of the molecule is Cc1cc(N2CCN(Cc3cc(Cl)c4c(c3)OCCO4)CC2)n2ncnc2n1. The molecule has 2 aliphatic heterocycles. The summed E-state index contributed by atoms with van der Waals surface area (Å²) in [5.74, 6) is 3.09. The summed E-state index contributed by atoms with van der Waals surface area (Å²) in [6.45, 7) is 7.65. The van der Waals surface area contributed by atoms with E-state index in [0.29, 0.717) is 29.8 Å². The zero-order valence-corrected chi connectivity index (χ0v) is 16.4. The van der Waals surface area contributed by atoms with Gasteiger partial charge in [-0.05, 0) is 24.6 Å². The van der Waals surface area contributed by atoms with Gasteiger partial charge in [-0.1, -0.05) is 11.6 Å². The molecule has 2 aromatic heterocycles. The number of halogens is 1. The minimum absolute atomic E-state index is 0.543. The molecule has 0 spiro atoms. The summed E-state index contributed by atoms with van der Waals surface area (Å²) < 4.78 is 13.1. The average Bonchev–Trinajstić information content (AvgIpc) is 3.16. The zero-order valence-electron chi connectivity index (χ0n) is 15.6. The maximum Gasteiger partial charge on any atom is 0.254 e. The highest BCUT2D eigenvalue weighted by molar-refractivity contribution is 6.32. The molecule has 3 aromatic rings. The minimum atomic E-state index is 0.543. The van der Waals surface area contributed by atoms with E-state index < -0.39 is 0 Å². The molecular formula is C19H21ClN6O2. The first kappa shape index (κ1) is 17.5. The Morgan fingerprint density at radius 3 is 2.75 bits per heavy atom. The van der Waals surface area contributed by atoms with E-state index in [1.165, 1.54) is 0 Å². The van der Waals surface area contributed by atoms with E-state index in [1.807, 2.05) is 23.6 Å². The van der Waals surface area contributed by atoms with Gasteiger partial charge in [-0.15, -0.1) is 0 Å². The standard InChI is InChI=1S/C19H21ClN6O2/c1-13-8-17(26-19(23-13)21-12-22-26)25-4-2-24(3-5-25)11-14-9-15(20)18-16(10-14)27-6-7-28-18/h8-10,12H,2-7,11H2,1H3. The van der Waals surface area contributed by atoms with E-state index >= 15 is 0 Å². The molecule has 9 heteroatoms. The maximum atomic E-state index is 6.37. The first-order valence-corrected chi connectivity index (χ1v) is 9.78. The molecule has 0 unspecified atom stereocenters. The van der Waals surface area contributed by atoms with Crippen LogP contribution >= 0.6 is 11.6 Å². The lowest BCUT2D eigenvalue weighted by atomic mass is 10.1. The molecular weight excluding hydrogens is 380 g/mol. The van der Waals surface area contributed by atoms with Crippen molar-refractivity contribution in [2.24, 2.45) is 0 Å². The number of aryl methyl sites for hydroxylation is 1. The number of anilines is 1. The Morgan fingerprint density at radius 2 is 1.89 bits per heavy atom. The average molecular weight is 401 g/mol. The van der Waals surface area contributed by atoms with Crippen molar-refractivity contribution in [3.8, 4) is 11.5 Å². The molecule has 0 amide bonds.